The van der Waals surface area contributed by atoms with Crippen molar-refractivity contribution in [3.8, 4) is 0 Å². The van der Waals surface area contributed by atoms with E-state index in [0.29, 0.717) is 19.8 Å². The third kappa shape index (κ3) is 6.06. The molecule has 3 rings (SSSR count). The molecular formula is C19H29FIN3O2. The maximum atomic E-state index is 13.5. The summed E-state index contributed by atoms with van der Waals surface area (Å²) >= 11 is 0. The predicted octanol–water partition coefficient (Wildman–Crippen LogP) is 2.84. The number of guanidine groups is 1. The topological polar surface area (TPSA) is 54.9 Å². The second kappa shape index (κ2) is 10.4. The Morgan fingerprint density at radius 1 is 1.38 bits per heavy atom. The molecular weight excluding hydrogens is 448 g/mol. The fourth-order valence-electron chi connectivity index (χ4n) is 3.24. The molecule has 2 fully saturated rings. The Morgan fingerprint density at radius 3 is 2.88 bits per heavy atom. The minimum atomic E-state index is -0.172. The summed E-state index contributed by atoms with van der Waals surface area (Å²) in [7, 11) is 1.75. The third-order valence-corrected chi connectivity index (χ3v) is 4.97. The largest absolute Gasteiger partial charge is 0.377 e. The lowest BCUT2D eigenvalue weighted by molar-refractivity contribution is 0.0191. The lowest BCUT2D eigenvalue weighted by Gasteiger charge is -2.19. The van der Waals surface area contributed by atoms with Crippen molar-refractivity contribution >= 4 is 29.9 Å². The summed E-state index contributed by atoms with van der Waals surface area (Å²) in [6, 6.07) is 6.92. The van der Waals surface area contributed by atoms with E-state index in [1.807, 2.05) is 6.07 Å². The van der Waals surface area contributed by atoms with Gasteiger partial charge in [0.25, 0.3) is 0 Å². The zero-order chi connectivity index (χ0) is 17.5. The molecule has 1 unspecified atom stereocenters. The summed E-state index contributed by atoms with van der Waals surface area (Å²) in [5.41, 5.74) is 1.10. The van der Waals surface area contributed by atoms with Gasteiger partial charge in [-0.15, -0.1) is 24.0 Å². The second-order valence-electron chi connectivity index (χ2n) is 6.85. The molecule has 0 amide bonds. The van der Waals surface area contributed by atoms with Crippen LogP contribution in [0, 0.1) is 5.82 Å². The fourth-order valence-corrected chi connectivity index (χ4v) is 3.24. The van der Waals surface area contributed by atoms with Crippen LogP contribution in [0.2, 0.25) is 0 Å². The van der Waals surface area contributed by atoms with Gasteiger partial charge in [-0.05, 0) is 43.4 Å². The first-order chi connectivity index (χ1) is 12.2. The van der Waals surface area contributed by atoms with Gasteiger partial charge in [-0.1, -0.05) is 12.1 Å². The molecule has 0 radical (unpaired) electrons. The number of benzene rings is 1. The van der Waals surface area contributed by atoms with Crippen LogP contribution in [-0.2, 0) is 14.9 Å². The molecule has 7 heteroatoms. The maximum absolute atomic E-state index is 13.5. The van der Waals surface area contributed by atoms with Crippen LogP contribution in [-0.4, -0.2) is 52.0 Å². The highest BCUT2D eigenvalue weighted by atomic mass is 127. The highest BCUT2D eigenvalue weighted by molar-refractivity contribution is 14.0. The second-order valence-corrected chi connectivity index (χ2v) is 6.85. The minimum Gasteiger partial charge on any atom is -0.377 e. The summed E-state index contributed by atoms with van der Waals surface area (Å²) < 4.78 is 24.6. The molecule has 1 atom stereocenters. The van der Waals surface area contributed by atoms with Gasteiger partial charge < -0.3 is 20.1 Å². The first-order valence-electron chi connectivity index (χ1n) is 9.12. The molecule has 0 bridgehead atoms. The number of rotatable bonds is 8. The molecule has 1 aromatic carbocycles. The quantitative estimate of drug-likeness (QED) is 0.262. The predicted molar refractivity (Wildman–Crippen MR) is 112 cm³/mol. The Kier molecular flexibility index (Phi) is 8.56. The number of aliphatic imine (C=N–C) groups is 1. The number of ether oxygens (including phenoxy) is 2. The van der Waals surface area contributed by atoms with Gasteiger partial charge in [-0.3, -0.25) is 4.99 Å². The number of hydrogen-bond acceptors (Lipinski definition) is 3. The Morgan fingerprint density at radius 2 is 2.23 bits per heavy atom. The lowest BCUT2D eigenvalue weighted by atomic mass is 9.96. The van der Waals surface area contributed by atoms with Gasteiger partial charge in [0.15, 0.2) is 5.96 Å². The smallest absolute Gasteiger partial charge is 0.191 e. The van der Waals surface area contributed by atoms with Gasteiger partial charge in [-0.2, -0.15) is 0 Å². The van der Waals surface area contributed by atoms with E-state index in [-0.39, 0.29) is 41.3 Å². The standard InChI is InChI=1S/C19H28FN3O2.HI/c1-21-18(22-9-11-24-13-17-6-3-10-25-17)23-14-19(7-8-19)15-4-2-5-16(20)12-15;/h2,4-5,12,17H,3,6-11,13-14H2,1H3,(H2,21,22,23);1H. The Labute approximate surface area is 172 Å². The molecule has 5 nitrogen and oxygen atoms in total. The molecule has 1 aromatic rings. The molecule has 1 saturated carbocycles. The van der Waals surface area contributed by atoms with Crippen LogP contribution >= 0.6 is 24.0 Å². The molecule has 146 valence electrons. The van der Waals surface area contributed by atoms with Crippen molar-refractivity contribution in [3.05, 3.63) is 35.6 Å². The van der Waals surface area contributed by atoms with Gasteiger partial charge in [0, 0.05) is 32.2 Å². The van der Waals surface area contributed by atoms with E-state index in [9.17, 15) is 4.39 Å². The number of nitrogens with zero attached hydrogens (tertiary/aromatic N) is 1. The van der Waals surface area contributed by atoms with Crippen LogP contribution in [0.3, 0.4) is 0 Å². The van der Waals surface area contributed by atoms with Gasteiger partial charge in [0.2, 0.25) is 0 Å². The SMILES string of the molecule is CN=C(NCCOCC1CCCO1)NCC1(c2cccc(F)c2)CC1.I. The lowest BCUT2D eigenvalue weighted by Crippen LogP contribution is -2.42. The van der Waals surface area contributed by atoms with Crippen molar-refractivity contribution in [2.45, 2.75) is 37.2 Å². The Balaban J connectivity index is 0.00000243. The normalized spacial score (nSPS) is 21.2. The van der Waals surface area contributed by atoms with E-state index in [0.717, 1.165) is 50.4 Å². The van der Waals surface area contributed by atoms with Gasteiger partial charge in [0.1, 0.15) is 5.82 Å². The van der Waals surface area contributed by atoms with Crippen molar-refractivity contribution in [1.29, 1.82) is 0 Å². The summed E-state index contributed by atoms with van der Waals surface area (Å²) in [5.74, 6) is 0.582. The van der Waals surface area contributed by atoms with Gasteiger partial charge in [-0.25, -0.2) is 4.39 Å². The van der Waals surface area contributed by atoms with E-state index in [4.69, 9.17) is 9.47 Å². The molecule has 26 heavy (non-hydrogen) atoms. The molecule has 0 aromatic heterocycles. The number of halogens is 2. The van der Waals surface area contributed by atoms with Crippen LogP contribution in [0.5, 0.6) is 0 Å². The Hall–Kier alpha value is -0.930. The van der Waals surface area contributed by atoms with Gasteiger partial charge in [0.05, 0.1) is 19.3 Å². The average Bonchev–Trinajstić information content (AvgIpc) is 3.24. The van der Waals surface area contributed by atoms with Crippen molar-refractivity contribution in [1.82, 2.24) is 10.6 Å². The van der Waals surface area contributed by atoms with Crippen molar-refractivity contribution in [2.24, 2.45) is 4.99 Å². The van der Waals surface area contributed by atoms with E-state index < -0.39 is 0 Å². The first kappa shape index (κ1) is 21.4. The maximum Gasteiger partial charge on any atom is 0.191 e. The van der Waals surface area contributed by atoms with E-state index in [1.165, 1.54) is 6.07 Å². The van der Waals surface area contributed by atoms with Crippen LogP contribution in [0.4, 0.5) is 4.39 Å². The van der Waals surface area contributed by atoms with Gasteiger partial charge >= 0.3 is 0 Å². The zero-order valence-corrected chi connectivity index (χ0v) is 17.6. The molecule has 1 aliphatic carbocycles. The number of hydrogen-bond donors (Lipinski definition) is 2. The van der Waals surface area contributed by atoms with E-state index in [2.05, 4.69) is 15.6 Å². The first-order valence-corrected chi connectivity index (χ1v) is 9.12. The molecule has 1 heterocycles. The highest BCUT2D eigenvalue weighted by Gasteiger charge is 2.44. The molecule has 0 spiro atoms. The van der Waals surface area contributed by atoms with E-state index >= 15 is 0 Å². The summed E-state index contributed by atoms with van der Waals surface area (Å²) in [6.45, 7) is 3.59. The van der Waals surface area contributed by atoms with E-state index in [1.54, 1.807) is 19.2 Å². The van der Waals surface area contributed by atoms with Crippen LogP contribution < -0.4 is 10.6 Å². The highest BCUT2D eigenvalue weighted by Crippen LogP contribution is 2.47. The van der Waals surface area contributed by atoms with Crippen LogP contribution in [0.25, 0.3) is 0 Å². The van der Waals surface area contributed by atoms with Crippen molar-refractivity contribution in [2.75, 3.05) is 40.0 Å². The minimum absolute atomic E-state index is 0. The molecule has 2 N–H and O–H groups in total. The zero-order valence-electron chi connectivity index (χ0n) is 15.3. The average molecular weight is 477 g/mol. The van der Waals surface area contributed by atoms with Crippen LogP contribution in [0.15, 0.2) is 29.3 Å². The third-order valence-electron chi connectivity index (χ3n) is 4.97. The van der Waals surface area contributed by atoms with Crippen molar-refractivity contribution < 1.29 is 13.9 Å². The summed E-state index contributed by atoms with van der Waals surface area (Å²) in [5, 5.41) is 6.62. The molecule has 1 saturated heterocycles. The fraction of sp³-hybridized carbons (Fsp3) is 0.632. The monoisotopic (exact) mass is 477 g/mol. The number of nitrogens with one attached hydrogen (secondary N) is 2. The molecule has 1 aliphatic heterocycles. The summed E-state index contributed by atoms with van der Waals surface area (Å²) in [4.78, 5) is 4.25. The van der Waals surface area contributed by atoms with Crippen molar-refractivity contribution in [3.63, 3.8) is 0 Å². The van der Waals surface area contributed by atoms with Crippen LogP contribution in [0.1, 0.15) is 31.2 Å². The Bertz CT molecular complexity index is 590. The molecule has 2 aliphatic rings. The summed E-state index contributed by atoms with van der Waals surface area (Å²) in [6.07, 6.45) is 4.64.